The van der Waals surface area contributed by atoms with E-state index >= 15 is 0 Å². The van der Waals surface area contributed by atoms with Gasteiger partial charge in [-0.2, -0.15) is 4.98 Å². The van der Waals surface area contributed by atoms with Gasteiger partial charge < -0.3 is 14.0 Å². The zero-order valence-electron chi connectivity index (χ0n) is 17.9. The van der Waals surface area contributed by atoms with E-state index in [1.807, 2.05) is 66.7 Å². The number of benzene rings is 3. The van der Waals surface area contributed by atoms with Crippen molar-refractivity contribution in [2.45, 2.75) is 17.5 Å². The number of hydrogen-bond acceptors (Lipinski definition) is 8. The fraction of sp³-hybridized carbons (Fsp3) is 0.120. The summed E-state index contributed by atoms with van der Waals surface area (Å²) in [7, 11) is 0. The molecular weight excluding hydrogens is 452 g/mol. The van der Waals surface area contributed by atoms with Crippen LogP contribution in [0.3, 0.4) is 0 Å². The lowest BCUT2D eigenvalue weighted by Crippen LogP contribution is -2.24. The highest BCUT2D eigenvalue weighted by molar-refractivity contribution is 7.98. The lowest BCUT2D eigenvalue weighted by atomic mass is 10.2. The Hall–Kier alpha value is -4.11. The second-order valence-electron chi connectivity index (χ2n) is 7.66. The molecule has 3 heterocycles. The van der Waals surface area contributed by atoms with E-state index in [-0.39, 0.29) is 12.4 Å². The molecule has 0 bridgehead atoms. The van der Waals surface area contributed by atoms with Crippen LogP contribution in [0.1, 0.15) is 11.5 Å². The zero-order valence-corrected chi connectivity index (χ0v) is 18.7. The molecule has 0 amide bonds. The Kier molecular flexibility index (Phi) is 5.23. The average molecular weight is 471 g/mol. The summed E-state index contributed by atoms with van der Waals surface area (Å²) >= 11 is 1.38. The molecule has 0 spiro atoms. The van der Waals surface area contributed by atoms with Gasteiger partial charge in [0.15, 0.2) is 16.7 Å². The molecule has 0 aliphatic carbocycles. The smallest absolute Gasteiger partial charge is 0.262 e. The summed E-state index contributed by atoms with van der Waals surface area (Å²) in [6, 6.07) is 22.6. The predicted molar refractivity (Wildman–Crippen MR) is 127 cm³/mol. The summed E-state index contributed by atoms with van der Waals surface area (Å²) in [5, 5.41) is 5.21. The van der Waals surface area contributed by atoms with Gasteiger partial charge in [0, 0.05) is 5.56 Å². The monoisotopic (exact) mass is 470 g/mol. The molecular formula is C25H18N4O4S. The highest BCUT2D eigenvalue weighted by Gasteiger charge is 2.17. The molecule has 0 atom stereocenters. The minimum absolute atomic E-state index is 0.110. The summed E-state index contributed by atoms with van der Waals surface area (Å²) in [6.45, 7) is 0.543. The molecule has 5 aromatic rings. The predicted octanol–water partition coefficient (Wildman–Crippen LogP) is 4.52. The number of hydrogen-bond donors (Lipinski definition) is 0. The molecule has 9 heteroatoms. The minimum Gasteiger partial charge on any atom is -0.454 e. The van der Waals surface area contributed by atoms with Gasteiger partial charge in [-0.1, -0.05) is 65.4 Å². The van der Waals surface area contributed by atoms with Gasteiger partial charge in [0.1, 0.15) is 0 Å². The van der Waals surface area contributed by atoms with Gasteiger partial charge in [0.2, 0.25) is 18.5 Å². The maximum absolute atomic E-state index is 13.4. The van der Waals surface area contributed by atoms with E-state index < -0.39 is 0 Å². The number of fused-ring (bicyclic) bond motifs is 2. The van der Waals surface area contributed by atoms with Crippen molar-refractivity contribution in [3.05, 3.63) is 94.6 Å². The second-order valence-corrected chi connectivity index (χ2v) is 8.60. The summed E-state index contributed by atoms with van der Waals surface area (Å²) in [5.74, 6) is 2.74. The van der Waals surface area contributed by atoms with Crippen molar-refractivity contribution < 1.29 is 14.0 Å². The first kappa shape index (κ1) is 20.5. The zero-order chi connectivity index (χ0) is 22.9. The fourth-order valence-corrected chi connectivity index (χ4v) is 4.60. The number of nitrogens with zero attached hydrogens (tertiary/aromatic N) is 4. The van der Waals surface area contributed by atoms with E-state index in [1.54, 1.807) is 10.6 Å². The van der Waals surface area contributed by atoms with Crippen molar-refractivity contribution in [3.63, 3.8) is 0 Å². The lowest BCUT2D eigenvalue weighted by molar-refractivity contribution is 0.174. The van der Waals surface area contributed by atoms with Crippen molar-refractivity contribution in [3.8, 4) is 22.9 Å². The van der Waals surface area contributed by atoms with Gasteiger partial charge in [0.05, 0.1) is 23.2 Å². The third-order valence-electron chi connectivity index (χ3n) is 5.43. The van der Waals surface area contributed by atoms with Crippen LogP contribution < -0.4 is 15.0 Å². The van der Waals surface area contributed by atoms with Gasteiger partial charge in [0.25, 0.3) is 5.56 Å². The topological polar surface area (TPSA) is 92.3 Å². The molecule has 3 aromatic carbocycles. The van der Waals surface area contributed by atoms with Crippen LogP contribution in [0.5, 0.6) is 11.5 Å². The summed E-state index contributed by atoms with van der Waals surface area (Å²) in [5.41, 5.74) is 2.33. The van der Waals surface area contributed by atoms with Crippen molar-refractivity contribution in [2.24, 2.45) is 0 Å². The van der Waals surface area contributed by atoms with E-state index in [1.165, 1.54) is 11.8 Å². The number of rotatable bonds is 6. The van der Waals surface area contributed by atoms with Crippen LogP contribution in [-0.2, 0) is 12.3 Å². The van der Waals surface area contributed by atoms with Crippen LogP contribution in [0.4, 0.5) is 0 Å². The third kappa shape index (κ3) is 3.90. The Labute approximate surface area is 198 Å². The van der Waals surface area contributed by atoms with Crippen molar-refractivity contribution in [2.75, 3.05) is 6.79 Å². The van der Waals surface area contributed by atoms with E-state index in [0.29, 0.717) is 51.6 Å². The van der Waals surface area contributed by atoms with Gasteiger partial charge in [-0.15, -0.1) is 0 Å². The maximum atomic E-state index is 13.4. The largest absolute Gasteiger partial charge is 0.454 e. The van der Waals surface area contributed by atoms with Gasteiger partial charge in [-0.3, -0.25) is 9.36 Å². The molecule has 0 saturated carbocycles. The van der Waals surface area contributed by atoms with E-state index in [4.69, 9.17) is 19.0 Å². The molecule has 168 valence electrons. The van der Waals surface area contributed by atoms with Crippen LogP contribution in [0.25, 0.3) is 22.3 Å². The minimum atomic E-state index is -0.110. The van der Waals surface area contributed by atoms with Crippen molar-refractivity contribution in [1.82, 2.24) is 19.7 Å². The number of para-hydroxylation sites is 1. The number of aromatic nitrogens is 4. The molecule has 6 rings (SSSR count). The molecule has 34 heavy (non-hydrogen) atoms. The Bertz CT molecular complexity index is 1550. The Balaban J connectivity index is 1.32. The van der Waals surface area contributed by atoms with Crippen molar-refractivity contribution >= 4 is 22.7 Å². The normalized spacial score (nSPS) is 12.4. The summed E-state index contributed by atoms with van der Waals surface area (Å²) < 4.78 is 18.0. The molecule has 0 unspecified atom stereocenters. The summed E-state index contributed by atoms with van der Waals surface area (Å²) in [4.78, 5) is 22.6. The van der Waals surface area contributed by atoms with Crippen molar-refractivity contribution in [1.29, 1.82) is 0 Å². The first-order valence-corrected chi connectivity index (χ1v) is 11.6. The Morgan fingerprint density at radius 3 is 2.65 bits per heavy atom. The first-order valence-electron chi connectivity index (χ1n) is 10.6. The quantitative estimate of drug-likeness (QED) is 0.264. The van der Waals surface area contributed by atoms with Crippen LogP contribution in [0.15, 0.2) is 87.3 Å². The van der Waals surface area contributed by atoms with Gasteiger partial charge in [-0.05, 0) is 29.8 Å². The fourth-order valence-electron chi connectivity index (χ4n) is 3.76. The Morgan fingerprint density at radius 2 is 1.74 bits per heavy atom. The molecule has 1 aliphatic rings. The van der Waals surface area contributed by atoms with Crippen LogP contribution in [0.2, 0.25) is 0 Å². The average Bonchev–Trinajstić information content (AvgIpc) is 3.55. The SMILES string of the molecule is O=c1c2ccccc2nc(SCc2nc(-c3ccccc3)no2)n1Cc1ccc2c(c1)OCO2. The Morgan fingerprint density at radius 1 is 0.912 bits per heavy atom. The molecule has 0 saturated heterocycles. The molecule has 0 N–H and O–H groups in total. The third-order valence-corrected chi connectivity index (χ3v) is 6.39. The highest BCUT2D eigenvalue weighted by Crippen LogP contribution is 2.33. The highest BCUT2D eigenvalue weighted by atomic mass is 32.2. The standard InChI is InChI=1S/C25H18N4O4S/c30-24-18-8-4-5-9-19(18)26-25(29(24)13-16-10-11-20-21(12-16)32-15-31-20)34-14-22-27-23(28-33-22)17-6-2-1-3-7-17/h1-12H,13-15H2. The second kappa shape index (κ2) is 8.68. The summed E-state index contributed by atoms with van der Waals surface area (Å²) in [6.07, 6.45) is 0. The molecule has 0 radical (unpaired) electrons. The lowest BCUT2D eigenvalue weighted by Gasteiger charge is -2.13. The van der Waals surface area contributed by atoms with Crippen LogP contribution >= 0.6 is 11.8 Å². The molecule has 1 aliphatic heterocycles. The van der Waals surface area contributed by atoms with E-state index in [9.17, 15) is 4.79 Å². The maximum Gasteiger partial charge on any atom is 0.262 e. The van der Waals surface area contributed by atoms with E-state index in [0.717, 1.165) is 11.1 Å². The van der Waals surface area contributed by atoms with Crippen LogP contribution in [-0.4, -0.2) is 26.5 Å². The van der Waals surface area contributed by atoms with Gasteiger partial charge >= 0.3 is 0 Å². The molecule has 0 fully saturated rings. The van der Waals surface area contributed by atoms with Gasteiger partial charge in [-0.25, -0.2) is 4.98 Å². The molecule has 2 aromatic heterocycles. The number of ether oxygens (including phenoxy) is 2. The van der Waals surface area contributed by atoms with E-state index in [2.05, 4.69) is 10.1 Å². The van der Waals surface area contributed by atoms with Crippen LogP contribution in [0, 0.1) is 0 Å². The molecule has 8 nitrogen and oxygen atoms in total. The number of thioether (sulfide) groups is 1. The first-order chi connectivity index (χ1) is 16.7.